The molecule has 0 amide bonds. The molecule has 5 rings (SSSR count). The average molecular weight is 332 g/mol. The van der Waals surface area contributed by atoms with Gasteiger partial charge in [0.1, 0.15) is 11.0 Å². The van der Waals surface area contributed by atoms with Crippen LogP contribution in [0.15, 0.2) is 63.4 Å². The molecule has 116 valence electrons. The highest BCUT2D eigenvalue weighted by Crippen LogP contribution is 2.36. The zero-order valence-corrected chi connectivity index (χ0v) is 13.6. The van der Waals surface area contributed by atoms with E-state index in [4.69, 9.17) is 8.83 Å². The van der Waals surface area contributed by atoms with Crippen molar-refractivity contribution in [3.8, 4) is 21.5 Å². The van der Waals surface area contributed by atoms with Gasteiger partial charge < -0.3 is 8.83 Å². The highest BCUT2D eigenvalue weighted by atomic mass is 32.1. The third kappa shape index (κ3) is 2.13. The van der Waals surface area contributed by atoms with Gasteiger partial charge in [0.05, 0.1) is 9.75 Å². The number of aryl methyl sites for hydroxylation is 1. The summed E-state index contributed by atoms with van der Waals surface area (Å²) in [4.78, 5) is 11.0. The minimum Gasteiger partial charge on any atom is -0.435 e. The van der Waals surface area contributed by atoms with Gasteiger partial charge in [-0.15, -0.1) is 11.3 Å². The average Bonchev–Trinajstić information content (AvgIpc) is 3.30. The lowest BCUT2D eigenvalue weighted by Gasteiger charge is -1.88. The van der Waals surface area contributed by atoms with E-state index in [-0.39, 0.29) is 0 Å². The third-order valence-electron chi connectivity index (χ3n) is 3.86. The lowest BCUT2D eigenvalue weighted by Crippen LogP contribution is -1.72. The first kappa shape index (κ1) is 13.5. The molecule has 5 heteroatoms. The second-order valence-corrected chi connectivity index (χ2v) is 6.72. The van der Waals surface area contributed by atoms with Gasteiger partial charge in [0.25, 0.3) is 0 Å². The number of fused-ring (bicyclic) bond motifs is 2. The zero-order chi connectivity index (χ0) is 16.1. The summed E-state index contributed by atoms with van der Waals surface area (Å²) in [5, 5.41) is 0. The van der Waals surface area contributed by atoms with Crippen LogP contribution < -0.4 is 0 Å². The maximum Gasteiger partial charge on any atom is 0.237 e. The number of oxazole rings is 2. The molecule has 0 N–H and O–H groups in total. The Morgan fingerprint density at radius 2 is 1.42 bits per heavy atom. The van der Waals surface area contributed by atoms with Gasteiger partial charge >= 0.3 is 0 Å². The molecule has 5 aromatic rings. The number of para-hydroxylation sites is 2. The Hall–Kier alpha value is -2.92. The van der Waals surface area contributed by atoms with E-state index >= 15 is 0 Å². The van der Waals surface area contributed by atoms with E-state index in [0.29, 0.717) is 11.8 Å². The normalized spacial score (nSPS) is 11.5. The van der Waals surface area contributed by atoms with Crippen molar-refractivity contribution in [1.29, 1.82) is 0 Å². The molecular weight excluding hydrogens is 320 g/mol. The van der Waals surface area contributed by atoms with Crippen LogP contribution in [0.4, 0.5) is 0 Å². The molecular formula is C19H12N2O2S. The summed E-state index contributed by atoms with van der Waals surface area (Å²) in [5.41, 5.74) is 4.49. The molecule has 4 nitrogen and oxygen atoms in total. The van der Waals surface area contributed by atoms with Crippen molar-refractivity contribution >= 4 is 33.5 Å². The Labute approximate surface area is 141 Å². The van der Waals surface area contributed by atoms with E-state index in [0.717, 1.165) is 32.0 Å². The maximum absolute atomic E-state index is 5.87. The van der Waals surface area contributed by atoms with E-state index < -0.39 is 0 Å². The number of nitrogens with zero attached hydrogens (tertiary/aromatic N) is 2. The Morgan fingerprint density at radius 3 is 2.17 bits per heavy atom. The van der Waals surface area contributed by atoms with Gasteiger partial charge in [-0.25, -0.2) is 9.97 Å². The second kappa shape index (κ2) is 5.04. The monoisotopic (exact) mass is 332 g/mol. The molecule has 0 aliphatic rings. The maximum atomic E-state index is 5.87. The van der Waals surface area contributed by atoms with Gasteiger partial charge in [-0.05, 0) is 48.9 Å². The van der Waals surface area contributed by atoms with Crippen LogP contribution in [0.2, 0.25) is 0 Å². The van der Waals surface area contributed by atoms with Gasteiger partial charge in [0.15, 0.2) is 11.2 Å². The smallest absolute Gasteiger partial charge is 0.237 e. The van der Waals surface area contributed by atoms with Gasteiger partial charge in [-0.1, -0.05) is 18.2 Å². The predicted molar refractivity (Wildman–Crippen MR) is 95.1 cm³/mol. The number of thiophene rings is 1. The predicted octanol–water partition coefficient (Wildman–Crippen LogP) is 5.67. The van der Waals surface area contributed by atoms with Crippen molar-refractivity contribution < 1.29 is 8.83 Å². The van der Waals surface area contributed by atoms with Crippen LogP contribution in [0.5, 0.6) is 0 Å². The molecule has 24 heavy (non-hydrogen) atoms. The molecule has 0 saturated carbocycles. The van der Waals surface area contributed by atoms with E-state index in [9.17, 15) is 0 Å². The largest absolute Gasteiger partial charge is 0.435 e. The molecule has 0 unspecified atom stereocenters. The minimum atomic E-state index is 0.624. The van der Waals surface area contributed by atoms with Crippen molar-refractivity contribution in [3.05, 3.63) is 60.2 Å². The summed E-state index contributed by atoms with van der Waals surface area (Å²) in [5.74, 6) is 1.25. The van der Waals surface area contributed by atoms with Gasteiger partial charge in [0.2, 0.25) is 11.8 Å². The molecule has 0 atom stereocenters. The van der Waals surface area contributed by atoms with Crippen LogP contribution in [-0.2, 0) is 0 Å². The summed E-state index contributed by atoms with van der Waals surface area (Å²) in [6.45, 7) is 2.05. The van der Waals surface area contributed by atoms with Crippen molar-refractivity contribution in [1.82, 2.24) is 9.97 Å². The summed E-state index contributed by atoms with van der Waals surface area (Å²) < 4.78 is 11.7. The highest BCUT2D eigenvalue weighted by molar-refractivity contribution is 7.18. The first-order chi connectivity index (χ1) is 11.8. The zero-order valence-electron chi connectivity index (χ0n) is 12.8. The van der Waals surface area contributed by atoms with Crippen LogP contribution in [0.3, 0.4) is 0 Å². The van der Waals surface area contributed by atoms with Gasteiger partial charge in [0, 0.05) is 0 Å². The number of aromatic nitrogens is 2. The van der Waals surface area contributed by atoms with Crippen molar-refractivity contribution in [2.45, 2.75) is 6.92 Å². The first-order valence-electron chi connectivity index (χ1n) is 7.60. The molecule has 0 fully saturated rings. The van der Waals surface area contributed by atoms with Crippen LogP contribution >= 0.6 is 11.3 Å². The first-order valence-corrected chi connectivity index (χ1v) is 8.41. The van der Waals surface area contributed by atoms with Crippen molar-refractivity contribution in [3.63, 3.8) is 0 Å². The van der Waals surface area contributed by atoms with Gasteiger partial charge in [-0.3, -0.25) is 0 Å². The summed E-state index contributed by atoms with van der Waals surface area (Å²) in [6.07, 6.45) is 0. The van der Waals surface area contributed by atoms with Crippen molar-refractivity contribution in [2.75, 3.05) is 0 Å². The standard InChI is InChI=1S/C19H12N2O2S/c1-11-6-7-15-13(10-11)21-19(23-15)17-9-8-16(24-17)18-20-12-4-2-3-5-14(12)22-18/h2-10H,1H3. The SMILES string of the molecule is Cc1ccc2oc(-c3ccc(-c4nc5ccccc5o4)s3)nc2c1. The lowest BCUT2D eigenvalue weighted by molar-refractivity contribution is 0.621. The summed E-state index contributed by atoms with van der Waals surface area (Å²) >= 11 is 1.56. The Bertz CT molecular complexity index is 1150. The van der Waals surface area contributed by atoms with Crippen molar-refractivity contribution in [2.24, 2.45) is 0 Å². The van der Waals surface area contributed by atoms with Crippen LogP contribution in [-0.4, -0.2) is 9.97 Å². The molecule has 0 spiro atoms. The Morgan fingerprint density at radius 1 is 0.750 bits per heavy atom. The van der Waals surface area contributed by atoms with E-state index in [1.165, 1.54) is 5.56 Å². The van der Waals surface area contributed by atoms with Crippen LogP contribution in [0.1, 0.15) is 5.56 Å². The summed E-state index contributed by atoms with van der Waals surface area (Å²) in [7, 11) is 0. The summed E-state index contributed by atoms with van der Waals surface area (Å²) in [6, 6.07) is 17.7. The number of hydrogen-bond donors (Lipinski definition) is 0. The van der Waals surface area contributed by atoms with E-state index in [1.807, 2.05) is 61.5 Å². The fourth-order valence-electron chi connectivity index (χ4n) is 2.69. The van der Waals surface area contributed by atoms with Crippen LogP contribution in [0, 0.1) is 6.92 Å². The Balaban J connectivity index is 1.58. The molecule has 2 aromatic carbocycles. The van der Waals surface area contributed by atoms with Crippen LogP contribution in [0.25, 0.3) is 43.7 Å². The van der Waals surface area contributed by atoms with E-state index in [2.05, 4.69) is 9.97 Å². The molecule has 0 bridgehead atoms. The topological polar surface area (TPSA) is 52.1 Å². The molecule has 0 aliphatic carbocycles. The molecule has 0 radical (unpaired) electrons. The van der Waals surface area contributed by atoms with Gasteiger partial charge in [-0.2, -0.15) is 0 Å². The fraction of sp³-hybridized carbons (Fsp3) is 0.0526. The van der Waals surface area contributed by atoms with E-state index in [1.54, 1.807) is 11.3 Å². The molecule has 3 aromatic heterocycles. The number of rotatable bonds is 2. The second-order valence-electron chi connectivity index (χ2n) is 5.64. The quantitative estimate of drug-likeness (QED) is 0.418. The molecule has 3 heterocycles. The molecule has 0 aliphatic heterocycles. The minimum absolute atomic E-state index is 0.624. The molecule has 0 saturated heterocycles. The fourth-order valence-corrected chi connectivity index (χ4v) is 3.55. The lowest BCUT2D eigenvalue weighted by atomic mass is 10.2. The highest BCUT2D eigenvalue weighted by Gasteiger charge is 2.15. The number of benzene rings is 2. The third-order valence-corrected chi connectivity index (χ3v) is 4.93. The Kier molecular flexibility index (Phi) is 2.84. The number of hydrogen-bond acceptors (Lipinski definition) is 5.